The van der Waals surface area contributed by atoms with Gasteiger partial charge in [-0.25, -0.2) is 4.98 Å². The van der Waals surface area contributed by atoms with E-state index >= 15 is 0 Å². The van der Waals surface area contributed by atoms with Gasteiger partial charge < -0.3 is 4.90 Å². The summed E-state index contributed by atoms with van der Waals surface area (Å²) >= 11 is 1.61. The van der Waals surface area contributed by atoms with E-state index < -0.39 is 0 Å². The minimum absolute atomic E-state index is 0.182. The van der Waals surface area contributed by atoms with E-state index in [1.807, 2.05) is 31.2 Å². The largest absolute Gasteiger partial charge is 0.307 e. The molecule has 7 heteroatoms. The Balaban J connectivity index is 1.70. The number of amides is 1. The Bertz CT molecular complexity index is 1170. The lowest BCUT2D eigenvalue weighted by Crippen LogP contribution is -2.31. The van der Waals surface area contributed by atoms with E-state index in [4.69, 9.17) is 0 Å². The van der Waals surface area contributed by atoms with Crippen LogP contribution in [0.2, 0.25) is 0 Å². The number of likely N-dealkylation sites (N-methyl/N-ethyl adjacent to an activating group) is 1. The van der Waals surface area contributed by atoms with Crippen molar-refractivity contribution in [2.75, 3.05) is 11.4 Å². The second kappa shape index (κ2) is 6.13. The number of carbonyl (C=O) groups is 1. The van der Waals surface area contributed by atoms with E-state index in [0.29, 0.717) is 17.6 Å². The first kappa shape index (κ1) is 16.4. The maximum Gasteiger partial charge on any atom is 0.282 e. The highest BCUT2D eigenvalue weighted by Crippen LogP contribution is 2.33. The minimum Gasteiger partial charge on any atom is -0.307 e. The summed E-state index contributed by atoms with van der Waals surface area (Å²) in [7, 11) is 0. The molecular formula is C20H18N4O2S. The van der Waals surface area contributed by atoms with Crippen LogP contribution in [0.3, 0.4) is 0 Å². The molecule has 0 spiro atoms. The van der Waals surface area contributed by atoms with E-state index in [1.54, 1.807) is 16.2 Å². The van der Waals surface area contributed by atoms with Gasteiger partial charge in [0.2, 0.25) is 0 Å². The van der Waals surface area contributed by atoms with Crippen molar-refractivity contribution in [2.24, 2.45) is 5.10 Å². The Hall–Kier alpha value is -2.80. The molecule has 0 saturated carbocycles. The molecule has 5 rings (SSSR count). The van der Waals surface area contributed by atoms with Gasteiger partial charge in [-0.05, 0) is 44.2 Å². The van der Waals surface area contributed by atoms with Gasteiger partial charge in [0.25, 0.3) is 11.5 Å². The van der Waals surface area contributed by atoms with Crippen LogP contribution >= 0.6 is 11.3 Å². The van der Waals surface area contributed by atoms with Crippen LogP contribution in [0.25, 0.3) is 10.2 Å². The molecule has 0 radical (unpaired) electrons. The zero-order valence-electron chi connectivity index (χ0n) is 14.9. The number of nitrogens with zero attached hydrogens (tertiary/aromatic N) is 4. The lowest BCUT2D eigenvalue weighted by Gasteiger charge is -2.12. The van der Waals surface area contributed by atoms with Gasteiger partial charge in [-0.1, -0.05) is 18.2 Å². The second-order valence-electron chi connectivity index (χ2n) is 6.80. The van der Waals surface area contributed by atoms with Gasteiger partial charge in [-0.3, -0.25) is 9.59 Å². The van der Waals surface area contributed by atoms with Crippen molar-refractivity contribution < 1.29 is 4.79 Å². The number of para-hydroxylation sites is 1. The molecule has 6 nitrogen and oxygen atoms in total. The number of fused-ring (bicyclic) bond motifs is 4. The molecule has 27 heavy (non-hydrogen) atoms. The van der Waals surface area contributed by atoms with Gasteiger partial charge in [-0.2, -0.15) is 9.78 Å². The van der Waals surface area contributed by atoms with E-state index in [-0.39, 0.29) is 11.5 Å². The average Bonchev–Trinajstić information content (AvgIpc) is 3.19. The summed E-state index contributed by atoms with van der Waals surface area (Å²) < 4.78 is 1.23. The van der Waals surface area contributed by atoms with Gasteiger partial charge in [0, 0.05) is 17.0 Å². The molecule has 0 bridgehead atoms. The van der Waals surface area contributed by atoms with E-state index in [0.717, 1.165) is 47.3 Å². The number of hydrogen-bond donors (Lipinski definition) is 0. The molecule has 136 valence electrons. The smallest absolute Gasteiger partial charge is 0.282 e. The maximum atomic E-state index is 13.1. The quantitative estimate of drug-likeness (QED) is 0.689. The van der Waals surface area contributed by atoms with Crippen molar-refractivity contribution in [1.82, 2.24) is 9.66 Å². The number of rotatable bonds is 2. The molecule has 2 aliphatic rings. The maximum absolute atomic E-state index is 13.1. The molecule has 1 amide bonds. The summed E-state index contributed by atoms with van der Waals surface area (Å²) in [5, 5.41) is 5.10. The lowest BCUT2D eigenvalue weighted by molar-refractivity contribution is -0.112. The van der Waals surface area contributed by atoms with Crippen LogP contribution in [0.1, 0.15) is 35.8 Å². The fourth-order valence-corrected chi connectivity index (χ4v) is 5.21. The second-order valence-corrected chi connectivity index (χ2v) is 7.88. The Morgan fingerprint density at radius 2 is 2.00 bits per heavy atom. The number of thiophene rings is 1. The molecule has 0 atom stereocenters. The van der Waals surface area contributed by atoms with Crippen LogP contribution in [0.5, 0.6) is 0 Å². The van der Waals surface area contributed by atoms with Crippen LogP contribution in [0.15, 0.2) is 40.5 Å². The fourth-order valence-electron chi connectivity index (χ4n) is 3.99. The standard InChI is InChI=1S/C20H18N4O2S/c1-2-23-14-9-5-3-7-12(14)17(20(23)26)22-24-11-21-18-16(19(24)25)13-8-4-6-10-15(13)27-18/h3,5,7,9,11H,2,4,6,8,10H2,1H3. The molecule has 3 heterocycles. The summed E-state index contributed by atoms with van der Waals surface area (Å²) in [6.07, 6.45) is 5.62. The third-order valence-electron chi connectivity index (χ3n) is 5.28. The SMILES string of the molecule is CCN1C(=O)C(=Nn2cnc3sc4c(c3c2=O)CCCC4)c2ccccc21. The van der Waals surface area contributed by atoms with Gasteiger partial charge in [0.05, 0.1) is 11.1 Å². The van der Waals surface area contributed by atoms with Gasteiger partial charge >= 0.3 is 0 Å². The van der Waals surface area contributed by atoms with Gasteiger partial charge in [-0.15, -0.1) is 11.3 Å². The van der Waals surface area contributed by atoms with Crippen molar-refractivity contribution in [3.63, 3.8) is 0 Å². The number of anilines is 1. The zero-order valence-corrected chi connectivity index (χ0v) is 15.8. The monoisotopic (exact) mass is 378 g/mol. The molecule has 0 unspecified atom stereocenters. The molecule has 1 aliphatic carbocycles. The first-order valence-electron chi connectivity index (χ1n) is 9.21. The van der Waals surface area contributed by atoms with Crippen LogP contribution in [-0.2, 0) is 17.6 Å². The number of aryl methyl sites for hydroxylation is 2. The van der Waals surface area contributed by atoms with Crippen molar-refractivity contribution >= 4 is 38.9 Å². The van der Waals surface area contributed by atoms with Crippen LogP contribution in [0.4, 0.5) is 5.69 Å². The summed E-state index contributed by atoms with van der Waals surface area (Å²) in [6.45, 7) is 2.48. The Kier molecular flexibility index (Phi) is 3.72. The van der Waals surface area contributed by atoms with Crippen LogP contribution in [0, 0.1) is 0 Å². The van der Waals surface area contributed by atoms with E-state index in [9.17, 15) is 9.59 Å². The van der Waals surface area contributed by atoms with Gasteiger partial charge in [0.15, 0.2) is 5.71 Å². The Morgan fingerprint density at radius 1 is 1.19 bits per heavy atom. The summed E-state index contributed by atoms with van der Waals surface area (Å²) in [6, 6.07) is 7.54. The number of benzene rings is 1. The first-order valence-corrected chi connectivity index (χ1v) is 10.0. The van der Waals surface area contributed by atoms with E-state index in [2.05, 4.69) is 10.1 Å². The van der Waals surface area contributed by atoms with Crippen LogP contribution < -0.4 is 10.5 Å². The molecule has 0 fully saturated rings. The predicted octanol–water partition coefficient (Wildman–Crippen LogP) is 2.96. The first-order chi connectivity index (χ1) is 13.2. The molecule has 1 aromatic carbocycles. The molecule has 1 aliphatic heterocycles. The fraction of sp³-hybridized carbons (Fsp3) is 0.300. The molecule has 3 aromatic rings. The van der Waals surface area contributed by atoms with Crippen molar-refractivity contribution in [3.05, 3.63) is 57.0 Å². The normalized spacial score (nSPS) is 17.6. The van der Waals surface area contributed by atoms with Crippen molar-refractivity contribution in [1.29, 1.82) is 0 Å². The van der Waals surface area contributed by atoms with Crippen molar-refractivity contribution in [2.45, 2.75) is 32.6 Å². The zero-order chi connectivity index (χ0) is 18.5. The highest BCUT2D eigenvalue weighted by atomic mass is 32.1. The average molecular weight is 378 g/mol. The Morgan fingerprint density at radius 3 is 2.85 bits per heavy atom. The molecule has 0 N–H and O–H groups in total. The van der Waals surface area contributed by atoms with Gasteiger partial charge in [0.1, 0.15) is 11.2 Å². The highest BCUT2D eigenvalue weighted by Gasteiger charge is 2.33. The third-order valence-corrected chi connectivity index (χ3v) is 6.48. The lowest BCUT2D eigenvalue weighted by atomic mass is 9.97. The third kappa shape index (κ3) is 2.38. The number of hydrogen-bond acceptors (Lipinski definition) is 5. The minimum atomic E-state index is -0.188. The van der Waals surface area contributed by atoms with Crippen molar-refractivity contribution in [3.8, 4) is 0 Å². The molecular weight excluding hydrogens is 360 g/mol. The topological polar surface area (TPSA) is 67.6 Å². The van der Waals surface area contributed by atoms with Crippen LogP contribution in [-0.4, -0.2) is 27.8 Å². The summed E-state index contributed by atoms with van der Waals surface area (Å²) in [5.41, 5.74) is 2.82. The highest BCUT2D eigenvalue weighted by molar-refractivity contribution is 7.18. The van der Waals surface area contributed by atoms with E-state index in [1.165, 1.54) is 15.9 Å². The number of carbonyl (C=O) groups excluding carboxylic acids is 1. The number of aromatic nitrogens is 2. The summed E-state index contributed by atoms with van der Waals surface area (Å²) in [5.74, 6) is -0.182. The molecule has 2 aromatic heterocycles. The predicted molar refractivity (Wildman–Crippen MR) is 107 cm³/mol. The summed E-state index contributed by atoms with van der Waals surface area (Å²) in [4.78, 5) is 34.1. The molecule has 0 saturated heterocycles. The Labute approximate surface area is 159 Å².